The van der Waals surface area contributed by atoms with Crippen LogP contribution in [0.1, 0.15) is 46.3 Å². The van der Waals surface area contributed by atoms with Crippen LogP contribution >= 0.6 is 0 Å². The fourth-order valence-corrected chi connectivity index (χ4v) is 5.40. The summed E-state index contributed by atoms with van der Waals surface area (Å²) in [6.45, 7) is 2.91. The van der Waals surface area contributed by atoms with Gasteiger partial charge in [-0.2, -0.15) is 0 Å². The Labute approximate surface area is 201 Å². The SMILES string of the molecule is OC(CNCCNCC1CC2c3ccccc3Cc3ccc(F)cc3C2O1)Cc1ccccc1. The van der Waals surface area contributed by atoms with Gasteiger partial charge >= 0.3 is 0 Å². The van der Waals surface area contributed by atoms with Gasteiger partial charge in [-0.1, -0.05) is 60.7 Å². The van der Waals surface area contributed by atoms with Gasteiger partial charge in [0.1, 0.15) is 5.82 Å². The summed E-state index contributed by atoms with van der Waals surface area (Å²) in [5, 5.41) is 17.0. The number of aliphatic hydroxyl groups excluding tert-OH is 1. The second-order valence-electron chi connectivity index (χ2n) is 9.49. The molecule has 5 heteroatoms. The number of hydrogen-bond donors (Lipinski definition) is 3. The number of benzene rings is 3. The maximum absolute atomic E-state index is 14.1. The van der Waals surface area contributed by atoms with E-state index in [0.717, 1.165) is 49.2 Å². The summed E-state index contributed by atoms with van der Waals surface area (Å²) in [5.41, 5.74) is 5.96. The minimum absolute atomic E-state index is 0.0842. The molecule has 1 aliphatic carbocycles. The maximum atomic E-state index is 14.1. The molecule has 0 saturated carbocycles. The van der Waals surface area contributed by atoms with Crippen molar-refractivity contribution in [3.8, 4) is 0 Å². The number of halogens is 1. The Morgan fingerprint density at radius 3 is 2.56 bits per heavy atom. The van der Waals surface area contributed by atoms with Crippen LogP contribution in [0.15, 0.2) is 72.8 Å². The van der Waals surface area contributed by atoms with Crippen LogP contribution in [-0.2, 0) is 17.6 Å². The zero-order chi connectivity index (χ0) is 23.3. The van der Waals surface area contributed by atoms with E-state index in [9.17, 15) is 9.50 Å². The van der Waals surface area contributed by atoms with Gasteiger partial charge in [0, 0.05) is 32.1 Å². The first-order valence-corrected chi connectivity index (χ1v) is 12.3. The summed E-state index contributed by atoms with van der Waals surface area (Å²) < 4.78 is 20.6. The van der Waals surface area contributed by atoms with Crippen molar-refractivity contribution in [3.05, 3.63) is 106 Å². The van der Waals surface area contributed by atoms with Crippen LogP contribution in [-0.4, -0.2) is 43.5 Å². The van der Waals surface area contributed by atoms with Gasteiger partial charge in [-0.05, 0) is 59.2 Å². The third-order valence-corrected chi connectivity index (χ3v) is 7.02. The molecule has 3 aromatic carbocycles. The number of fused-ring (bicyclic) bond motifs is 5. The highest BCUT2D eigenvalue weighted by molar-refractivity contribution is 5.45. The lowest BCUT2D eigenvalue weighted by molar-refractivity contribution is 0.0408. The number of ether oxygens (including phenoxy) is 1. The molecule has 4 unspecified atom stereocenters. The number of hydrogen-bond acceptors (Lipinski definition) is 4. The van der Waals surface area contributed by atoms with E-state index in [2.05, 4.69) is 34.9 Å². The molecule has 178 valence electrons. The molecule has 1 fully saturated rings. The van der Waals surface area contributed by atoms with Crippen LogP contribution < -0.4 is 10.6 Å². The van der Waals surface area contributed by atoms with E-state index in [4.69, 9.17) is 4.74 Å². The van der Waals surface area contributed by atoms with E-state index in [1.54, 1.807) is 12.1 Å². The molecule has 4 nitrogen and oxygen atoms in total. The molecule has 1 heterocycles. The quantitative estimate of drug-likeness (QED) is 0.421. The van der Waals surface area contributed by atoms with Crippen molar-refractivity contribution in [1.29, 1.82) is 0 Å². The predicted octanol–water partition coefficient (Wildman–Crippen LogP) is 4.13. The van der Waals surface area contributed by atoms with Crippen LogP contribution in [0.2, 0.25) is 0 Å². The van der Waals surface area contributed by atoms with Gasteiger partial charge < -0.3 is 20.5 Å². The molecular formula is C29H33FN2O2. The second kappa shape index (κ2) is 10.8. The minimum Gasteiger partial charge on any atom is -0.391 e. The lowest BCUT2D eigenvalue weighted by atomic mass is 9.87. The monoisotopic (exact) mass is 460 g/mol. The van der Waals surface area contributed by atoms with Crippen molar-refractivity contribution >= 4 is 0 Å². The van der Waals surface area contributed by atoms with Crippen molar-refractivity contribution in [2.24, 2.45) is 0 Å². The van der Waals surface area contributed by atoms with Crippen molar-refractivity contribution in [1.82, 2.24) is 10.6 Å². The Bertz CT molecular complexity index is 1090. The molecule has 3 aromatic rings. The Kier molecular flexibility index (Phi) is 7.36. The molecule has 0 spiro atoms. The highest BCUT2D eigenvalue weighted by Gasteiger charge is 2.40. The van der Waals surface area contributed by atoms with Crippen molar-refractivity contribution < 1.29 is 14.2 Å². The minimum atomic E-state index is -0.395. The van der Waals surface area contributed by atoms with Gasteiger partial charge in [-0.15, -0.1) is 0 Å². The van der Waals surface area contributed by atoms with Crippen molar-refractivity contribution in [2.45, 2.75) is 43.5 Å². The van der Waals surface area contributed by atoms with Gasteiger partial charge in [-0.3, -0.25) is 0 Å². The van der Waals surface area contributed by atoms with Gasteiger partial charge in [-0.25, -0.2) is 4.39 Å². The molecule has 0 aromatic heterocycles. The van der Waals surface area contributed by atoms with Crippen LogP contribution in [0, 0.1) is 5.82 Å². The van der Waals surface area contributed by atoms with E-state index in [-0.39, 0.29) is 23.9 Å². The van der Waals surface area contributed by atoms with Crippen LogP contribution in [0.3, 0.4) is 0 Å². The molecule has 0 radical (unpaired) electrons. The average Bonchev–Trinajstić information content (AvgIpc) is 3.22. The average molecular weight is 461 g/mol. The van der Waals surface area contributed by atoms with E-state index >= 15 is 0 Å². The van der Waals surface area contributed by atoms with E-state index in [0.29, 0.717) is 13.0 Å². The summed E-state index contributed by atoms with van der Waals surface area (Å²) in [5.74, 6) is 0.0477. The predicted molar refractivity (Wildman–Crippen MR) is 133 cm³/mol. The second-order valence-corrected chi connectivity index (χ2v) is 9.49. The highest BCUT2D eigenvalue weighted by Crippen LogP contribution is 2.49. The van der Waals surface area contributed by atoms with Crippen molar-refractivity contribution in [2.75, 3.05) is 26.2 Å². The molecule has 1 saturated heterocycles. The first kappa shape index (κ1) is 23.2. The fourth-order valence-electron chi connectivity index (χ4n) is 5.40. The molecule has 2 aliphatic rings. The van der Waals surface area contributed by atoms with E-state index < -0.39 is 6.10 Å². The summed E-state index contributed by atoms with van der Waals surface area (Å²) >= 11 is 0. The molecular weight excluding hydrogens is 427 g/mol. The van der Waals surface area contributed by atoms with E-state index in [1.807, 2.05) is 36.4 Å². The molecule has 3 N–H and O–H groups in total. The molecule has 34 heavy (non-hydrogen) atoms. The van der Waals surface area contributed by atoms with Crippen LogP contribution in [0.4, 0.5) is 4.39 Å². The standard InChI is InChI=1S/C29H33FN2O2/c30-23-11-10-22-15-21-8-4-5-9-26(21)28-17-25(34-29(28)27(22)16-23)19-32-13-12-31-18-24(33)14-20-6-2-1-3-7-20/h1-11,16,24-25,28-29,31-33H,12-15,17-19H2. The third kappa shape index (κ3) is 5.39. The molecule has 4 atom stereocenters. The fraction of sp³-hybridized carbons (Fsp3) is 0.379. The lowest BCUT2D eigenvalue weighted by Crippen LogP contribution is -2.36. The van der Waals surface area contributed by atoms with Gasteiger partial charge in [0.05, 0.1) is 18.3 Å². The highest BCUT2D eigenvalue weighted by atomic mass is 19.1. The third-order valence-electron chi connectivity index (χ3n) is 7.02. The summed E-state index contributed by atoms with van der Waals surface area (Å²) in [6.07, 6.45) is 1.99. The normalized spacial score (nSPS) is 21.9. The van der Waals surface area contributed by atoms with E-state index in [1.165, 1.54) is 11.1 Å². The lowest BCUT2D eigenvalue weighted by Gasteiger charge is -2.19. The smallest absolute Gasteiger partial charge is 0.123 e. The summed E-state index contributed by atoms with van der Waals surface area (Å²) in [4.78, 5) is 0. The van der Waals surface area contributed by atoms with Crippen LogP contribution in [0.25, 0.3) is 0 Å². The van der Waals surface area contributed by atoms with Crippen LogP contribution in [0.5, 0.6) is 0 Å². The van der Waals surface area contributed by atoms with Gasteiger partial charge in [0.25, 0.3) is 0 Å². The first-order chi connectivity index (χ1) is 16.7. The Balaban J connectivity index is 1.12. The number of rotatable bonds is 9. The molecule has 5 rings (SSSR count). The summed E-state index contributed by atoms with van der Waals surface area (Å²) in [7, 11) is 0. The molecule has 0 bridgehead atoms. The summed E-state index contributed by atoms with van der Waals surface area (Å²) in [6, 6.07) is 23.8. The first-order valence-electron chi connectivity index (χ1n) is 12.3. The Morgan fingerprint density at radius 2 is 1.68 bits per heavy atom. The van der Waals surface area contributed by atoms with Gasteiger partial charge in [0.2, 0.25) is 0 Å². The molecule has 0 amide bonds. The number of nitrogens with one attached hydrogen (secondary N) is 2. The van der Waals surface area contributed by atoms with Gasteiger partial charge in [0.15, 0.2) is 0 Å². The number of aliphatic hydroxyl groups is 1. The van der Waals surface area contributed by atoms with Crippen molar-refractivity contribution in [3.63, 3.8) is 0 Å². The molecule has 1 aliphatic heterocycles. The largest absolute Gasteiger partial charge is 0.391 e. The Hall–Kier alpha value is -2.57. The maximum Gasteiger partial charge on any atom is 0.123 e. The Morgan fingerprint density at radius 1 is 0.912 bits per heavy atom. The zero-order valence-corrected chi connectivity index (χ0v) is 19.4. The topological polar surface area (TPSA) is 53.5 Å². The zero-order valence-electron chi connectivity index (χ0n) is 19.4.